The molecule has 9 heteroatoms. The van der Waals surface area contributed by atoms with Crippen molar-refractivity contribution in [3.05, 3.63) is 36.5 Å². The molecule has 0 fully saturated rings. The van der Waals surface area contributed by atoms with Crippen molar-refractivity contribution in [2.75, 3.05) is 47.5 Å². The number of esters is 2. The molecule has 0 saturated heterocycles. The number of unbranched alkanes of at least 4 members (excludes halogenated alkanes) is 55. The fraction of sp³-hybridized carbons (Fsp3) is 0.890. The zero-order valence-electron chi connectivity index (χ0n) is 61.5. The fourth-order valence-corrected chi connectivity index (χ4v) is 12.2. The number of carbonyl (C=O) groups excluding carboxylic acids is 3. The van der Waals surface area contributed by atoms with Gasteiger partial charge >= 0.3 is 11.9 Å². The molecular weight excluding hydrogens is 1130 g/mol. The molecule has 2 unspecified atom stereocenters. The van der Waals surface area contributed by atoms with Crippen LogP contribution in [0.3, 0.4) is 0 Å². The lowest BCUT2D eigenvalue weighted by Gasteiger charge is -2.26. The zero-order chi connectivity index (χ0) is 66.1. The summed E-state index contributed by atoms with van der Waals surface area (Å²) in [5.74, 6) is -2.25. The third-order valence-corrected chi connectivity index (χ3v) is 18.4. The van der Waals surface area contributed by atoms with Crippen molar-refractivity contribution in [1.82, 2.24) is 0 Å². The molecule has 0 aliphatic rings. The van der Waals surface area contributed by atoms with Crippen LogP contribution < -0.4 is 5.11 Å². The van der Waals surface area contributed by atoms with Crippen LogP contribution in [0.4, 0.5) is 0 Å². The predicted molar refractivity (Wildman–Crippen MR) is 389 cm³/mol. The third-order valence-electron chi connectivity index (χ3n) is 18.4. The smallest absolute Gasteiger partial charge is 0.306 e. The molecule has 0 rings (SSSR count). The number of nitrogens with zero attached hydrogens (tertiary/aromatic N) is 1. The van der Waals surface area contributed by atoms with Crippen LogP contribution in [0.5, 0.6) is 0 Å². The van der Waals surface area contributed by atoms with Crippen molar-refractivity contribution < 1.29 is 42.9 Å². The van der Waals surface area contributed by atoms with Gasteiger partial charge in [-0.3, -0.25) is 9.59 Å². The van der Waals surface area contributed by atoms with Crippen LogP contribution in [-0.4, -0.2) is 82.3 Å². The summed E-state index contributed by atoms with van der Waals surface area (Å²) in [7, 11) is 5.95. The van der Waals surface area contributed by atoms with Gasteiger partial charge in [-0.1, -0.05) is 365 Å². The fourth-order valence-electron chi connectivity index (χ4n) is 12.2. The second-order valence-electron chi connectivity index (χ2n) is 28.7. The number of carboxylic acid groups (broad SMARTS) is 1. The first-order valence-electron chi connectivity index (χ1n) is 40.1. The van der Waals surface area contributed by atoms with Crippen LogP contribution in [0.2, 0.25) is 0 Å². The van der Waals surface area contributed by atoms with Gasteiger partial charge in [-0.25, -0.2) is 0 Å². The van der Waals surface area contributed by atoms with Crippen LogP contribution in [0.25, 0.3) is 0 Å². The maximum Gasteiger partial charge on any atom is 0.306 e. The molecule has 0 aliphatic heterocycles. The molecule has 0 spiro atoms. The lowest BCUT2D eigenvalue weighted by molar-refractivity contribution is -0.870. The Hall–Kier alpha value is -2.49. The number of allylic oxidation sites excluding steroid dienone is 6. The van der Waals surface area contributed by atoms with Crippen LogP contribution >= 0.6 is 0 Å². The highest BCUT2D eigenvalue weighted by Crippen LogP contribution is 2.20. The van der Waals surface area contributed by atoms with E-state index in [4.69, 9.17) is 18.9 Å². The third kappa shape index (κ3) is 74.8. The molecule has 0 N–H and O–H groups in total. The maximum absolute atomic E-state index is 13.0. The number of carboxylic acids is 1. The molecule has 0 heterocycles. The first-order valence-corrected chi connectivity index (χ1v) is 40.1. The molecule has 2 atom stereocenters. The van der Waals surface area contributed by atoms with Crippen LogP contribution in [0.15, 0.2) is 36.5 Å². The molecule has 0 aromatic rings. The normalized spacial score (nSPS) is 12.8. The number of carbonyl (C=O) groups is 3. The summed E-state index contributed by atoms with van der Waals surface area (Å²) in [4.78, 5) is 37.6. The van der Waals surface area contributed by atoms with Crippen molar-refractivity contribution in [3.8, 4) is 0 Å². The van der Waals surface area contributed by atoms with E-state index in [0.29, 0.717) is 17.4 Å². The van der Waals surface area contributed by atoms with E-state index in [-0.39, 0.29) is 32.2 Å². The minimum absolute atomic E-state index is 0.151. The first kappa shape index (κ1) is 88.5. The highest BCUT2D eigenvalue weighted by molar-refractivity contribution is 5.70. The lowest BCUT2D eigenvalue weighted by atomic mass is 10.0. The number of aliphatic carboxylic acids is 1. The van der Waals surface area contributed by atoms with Crippen LogP contribution in [0.1, 0.15) is 412 Å². The van der Waals surface area contributed by atoms with Gasteiger partial charge in [-0.2, -0.15) is 0 Å². The van der Waals surface area contributed by atoms with Gasteiger partial charge in [0.25, 0.3) is 0 Å². The van der Waals surface area contributed by atoms with Crippen molar-refractivity contribution in [2.45, 2.75) is 424 Å². The van der Waals surface area contributed by atoms with E-state index < -0.39 is 24.3 Å². The second-order valence-corrected chi connectivity index (χ2v) is 28.7. The molecule has 9 nitrogen and oxygen atoms in total. The van der Waals surface area contributed by atoms with Gasteiger partial charge in [-0.15, -0.1) is 0 Å². The Morgan fingerprint density at radius 2 is 0.593 bits per heavy atom. The minimum atomic E-state index is -1.62. The Morgan fingerprint density at radius 3 is 0.879 bits per heavy atom. The Bertz CT molecular complexity index is 1590. The number of likely N-dealkylation sites (N-methyl/N-ethyl adjacent to an activating group) is 1. The Morgan fingerprint density at radius 1 is 0.330 bits per heavy atom. The minimum Gasteiger partial charge on any atom is -0.545 e. The van der Waals surface area contributed by atoms with E-state index in [0.717, 1.165) is 44.9 Å². The van der Waals surface area contributed by atoms with E-state index in [1.807, 2.05) is 21.1 Å². The van der Waals surface area contributed by atoms with E-state index >= 15 is 0 Å². The van der Waals surface area contributed by atoms with Crippen molar-refractivity contribution in [3.63, 3.8) is 0 Å². The molecular formula is C82H155NO8. The second kappa shape index (κ2) is 73.3. The van der Waals surface area contributed by atoms with Gasteiger partial charge in [0.1, 0.15) is 13.2 Å². The molecule has 0 bridgehead atoms. The number of rotatable bonds is 76. The Kier molecular flexibility index (Phi) is 71.3. The molecule has 536 valence electrons. The van der Waals surface area contributed by atoms with E-state index in [2.05, 4.69) is 50.3 Å². The monoisotopic (exact) mass is 1280 g/mol. The van der Waals surface area contributed by atoms with Gasteiger partial charge in [0.05, 0.1) is 40.3 Å². The SMILES string of the molecule is CCCCCCC/C=C\C/C=C\CCCCCCCCCCCCCCCCCCCCCCCCCCCCCCCC(=O)OC(COC(=O)CCCCCCCCCCCCCCC/C=C\CCCCCCCCCC)COC(OCC[N+](C)(C)C)C(=O)[O-]. The highest BCUT2D eigenvalue weighted by Gasteiger charge is 2.22. The summed E-state index contributed by atoms with van der Waals surface area (Å²) in [5, 5.41) is 11.8. The number of hydrogen-bond acceptors (Lipinski definition) is 8. The molecule has 0 aromatic heterocycles. The molecule has 0 radical (unpaired) electrons. The summed E-state index contributed by atoms with van der Waals surface area (Å²) < 4.78 is 22.9. The highest BCUT2D eigenvalue weighted by atomic mass is 16.7. The van der Waals surface area contributed by atoms with Crippen LogP contribution in [0, 0.1) is 0 Å². The molecule has 0 aliphatic carbocycles. The molecule has 0 aromatic carbocycles. The van der Waals surface area contributed by atoms with E-state index in [9.17, 15) is 19.5 Å². The Labute approximate surface area is 566 Å². The van der Waals surface area contributed by atoms with Crippen molar-refractivity contribution in [2.24, 2.45) is 0 Å². The largest absolute Gasteiger partial charge is 0.545 e. The van der Waals surface area contributed by atoms with Crippen molar-refractivity contribution in [1.29, 1.82) is 0 Å². The molecule has 0 amide bonds. The molecule has 91 heavy (non-hydrogen) atoms. The van der Waals surface area contributed by atoms with Gasteiger partial charge in [0.2, 0.25) is 0 Å². The summed E-state index contributed by atoms with van der Waals surface area (Å²) in [5.41, 5.74) is 0. The number of ether oxygens (including phenoxy) is 4. The standard InChI is InChI=1S/C82H155NO8/c1-6-8-10-12-14-16-18-20-22-24-26-28-30-32-33-34-35-36-37-38-39-40-41-42-43-44-45-46-47-49-51-53-55-57-59-61-63-65-67-69-71-73-80(85)91-78(77-90-82(81(86)87)88-75-74-83(3,4)5)76-89-79(84)72-70-68-66-64-62-60-58-56-54-52-50-48-31-29-27-25-23-21-19-17-15-13-11-9-7-2/h18,20,24-27,78,82H,6-17,19,21-23,28-77H2,1-5H3/b20-18-,26-24-,27-25-. The predicted octanol–water partition coefficient (Wildman–Crippen LogP) is 24.2. The summed E-state index contributed by atoms with van der Waals surface area (Å²) >= 11 is 0. The van der Waals surface area contributed by atoms with Crippen molar-refractivity contribution >= 4 is 17.9 Å². The average molecular weight is 1280 g/mol. The summed E-state index contributed by atoms with van der Waals surface area (Å²) in [6, 6.07) is 0. The summed E-state index contributed by atoms with van der Waals surface area (Å²) in [6.07, 6.45) is 91.4. The topological polar surface area (TPSA) is 111 Å². The maximum atomic E-state index is 13.0. The van der Waals surface area contributed by atoms with E-state index in [1.54, 1.807) is 0 Å². The number of quaternary nitrogens is 1. The number of hydrogen-bond donors (Lipinski definition) is 0. The van der Waals surface area contributed by atoms with Gasteiger partial charge in [0, 0.05) is 12.8 Å². The summed E-state index contributed by atoms with van der Waals surface area (Å²) in [6.45, 7) is 4.81. The Balaban J connectivity index is 3.93. The zero-order valence-corrected chi connectivity index (χ0v) is 61.5. The van der Waals surface area contributed by atoms with E-state index in [1.165, 1.54) is 340 Å². The van der Waals surface area contributed by atoms with Gasteiger partial charge in [-0.05, 0) is 70.6 Å². The quantitative estimate of drug-likeness (QED) is 0.0195. The van der Waals surface area contributed by atoms with Crippen LogP contribution in [-0.2, 0) is 33.3 Å². The lowest BCUT2D eigenvalue weighted by Crippen LogP contribution is -2.44. The molecule has 0 saturated carbocycles. The average Bonchev–Trinajstić information content (AvgIpc) is 3.53. The van der Waals surface area contributed by atoms with Gasteiger partial charge < -0.3 is 33.3 Å². The first-order chi connectivity index (χ1) is 44.6. The van der Waals surface area contributed by atoms with Gasteiger partial charge in [0.15, 0.2) is 12.4 Å².